The van der Waals surface area contributed by atoms with Crippen molar-refractivity contribution in [1.29, 1.82) is 0 Å². The average molecular weight is 381 g/mol. The van der Waals surface area contributed by atoms with Gasteiger partial charge in [-0.3, -0.25) is 0 Å². The zero-order valence-electron chi connectivity index (χ0n) is 14.2. The van der Waals surface area contributed by atoms with Crippen molar-refractivity contribution in [1.82, 2.24) is 0 Å². The number of rotatable bonds is 6. The Balaban J connectivity index is 1.67. The SMILES string of the molecule is CCOc1c(Cl)cc(Cl)cc1CNc1ccc(N2CCOCC2)cc1. The fourth-order valence-corrected chi connectivity index (χ4v) is 3.45. The Kier molecular flexibility index (Phi) is 6.29. The number of ether oxygens (including phenoxy) is 2. The molecule has 0 spiro atoms. The van der Waals surface area contributed by atoms with Gasteiger partial charge in [0.2, 0.25) is 0 Å². The zero-order valence-corrected chi connectivity index (χ0v) is 15.7. The molecule has 4 nitrogen and oxygen atoms in total. The minimum atomic E-state index is 0.536. The van der Waals surface area contributed by atoms with Crippen LogP contribution in [0.15, 0.2) is 36.4 Å². The molecule has 3 rings (SSSR count). The van der Waals surface area contributed by atoms with E-state index in [0.29, 0.717) is 28.9 Å². The molecule has 0 bridgehead atoms. The van der Waals surface area contributed by atoms with Crippen molar-refractivity contribution in [2.45, 2.75) is 13.5 Å². The number of benzene rings is 2. The van der Waals surface area contributed by atoms with E-state index in [0.717, 1.165) is 37.6 Å². The first-order valence-corrected chi connectivity index (χ1v) is 9.20. The maximum atomic E-state index is 6.25. The molecule has 0 aliphatic carbocycles. The lowest BCUT2D eigenvalue weighted by molar-refractivity contribution is 0.122. The van der Waals surface area contributed by atoms with Gasteiger partial charge in [-0.2, -0.15) is 0 Å². The Morgan fingerprint density at radius 1 is 1.12 bits per heavy atom. The Morgan fingerprint density at radius 2 is 1.84 bits per heavy atom. The molecule has 2 aromatic carbocycles. The van der Waals surface area contributed by atoms with Gasteiger partial charge in [0.05, 0.1) is 24.8 Å². The van der Waals surface area contributed by atoms with Crippen LogP contribution < -0.4 is 15.0 Å². The number of anilines is 2. The topological polar surface area (TPSA) is 33.7 Å². The van der Waals surface area contributed by atoms with Crippen molar-refractivity contribution >= 4 is 34.6 Å². The van der Waals surface area contributed by atoms with E-state index in [9.17, 15) is 0 Å². The van der Waals surface area contributed by atoms with Crippen molar-refractivity contribution in [3.8, 4) is 5.75 Å². The van der Waals surface area contributed by atoms with Gasteiger partial charge in [0.25, 0.3) is 0 Å². The van der Waals surface area contributed by atoms with Gasteiger partial charge in [0, 0.05) is 41.6 Å². The van der Waals surface area contributed by atoms with Crippen molar-refractivity contribution in [3.63, 3.8) is 0 Å². The average Bonchev–Trinajstić information content (AvgIpc) is 2.63. The van der Waals surface area contributed by atoms with Gasteiger partial charge in [0.15, 0.2) is 0 Å². The van der Waals surface area contributed by atoms with Gasteiger partial charge in [-0.05, 0) is 43.3 Å². The van der Waals surface area contributed by atoms with Crippen LogP contribution in [0.1, 0.15) is 12.5 Å². The van der Waals surface area contributed by atoms with Gasteiger partial charge in [-0.1, -0.05) is 23.2 Å². The molecule has 25 heavy (non-hydrogen) atoms. The van der Waals surface area contributed by atoms with Crippen LogP contribution in [-0.4, -0.2) is 32.9 Å². The molecule has 2 aromatic rings. The van der Waals surface area contributed by atoms with Gasteiger partial charge >= 0.3 is 0 Å². The van der Waals surface area contributed by atoms with E-state index in [1.807, 2.05) is 13.0 Å². The summed E-state index contributed by atoms with van der Waals surface area (Å²) in [6.45, 7) is 6.53. The Labute approximate surface area is 158 Å². The number of halogens is 2. The summed E-state index contributed by atoms with van der Waals surface area (Å²) in [5.41, 5.74) is 3.20. The normalized spacial score (nSPS) is 14.4. The molecule has 6 heteroatoms. The molecule has 0 unspecified atom stereocenters. The smallest absolute Gasteiger partial charge is 0.142 e. The summed E-state index contributed by atoms with van der Waals surface area (Å²) < 4.78 is 11.1. The highest BCUT2D eigenvalue weighted by Crippen LogP contribution is 2.33. The fraction of sp³-hybridized carbons (Fsp3) is 0.368. The summed E-state index contributed by atoms with van der Waals surface area (Å²) in [4.78, 5) is 2.33. The summed E-state index contributed by atoms with van der Waals surface area (Å²) in [5.74, 6) is 0.686. The number of nitrogens with zero attached hydrogens (tertiary/aromatic N) is 1. The maximum Gasteiger partial charge on any atom is 0.142 e. The molecule has 1 saturated heterocycles. The lowest BCUT2D eigenvalue weighted by Crippen LogP contribution is -2.36. The van der Waals surface area contributed by atoms with E-state index < -0.39 is 0 Å². The van der Waals surface area contributed by atoms with Gasteiger partial charge in [-0.25, -0.2) is 0 Å². The number of hydrogen-bond acceptors (Lipinski definition) is 4. The van der Waals surface area contributed by atoms with E-state index >= 15 is 0 Å². The molecule has 134 valence electrons. The molecule has 1 aliphatic rings. The highest BCUT2D eigenvalue weighted by atomic mass is 35.5. The number of morpholine rings is 1. The molecular formula is C19H22Cl2N2O2. The summed E-state index contributed by atoms with van der Waals surface area (Å²) in [6, 6.07) is 12.0. The van der Waals surface area contributed by atoms with E-state index in [-0.39, 0.29) is 0 Å². The van der Waals surface area contributed by atoms with Gasteiger partial charge in [0.1, 0.15) is 5.75 Å². The second-order valence-corrected chi connectivity index (χ2v) is 6.65. The third-order valence-corrected chi connectivity index (χ3v) is 4.60. The fourth-order valence-electron chi connectivity index (χ4n) is 2.86. The Hall–Kier alpha value is -1.62. The van der Waals surface area contributed by atoms with Crippen molar-refractivity contribution in [3.05, 3.63) is 52.0 Å². The standard InChI is InChI=1S/C19H22Cl2N2O2/c1-2-25-19-14(11-15(20)12-18(19)21)13-22-16-3-5-17(6-4-16)23-7-9-24-10-8-23/h3-6,11-12,22H,2,7-10,13H2,1H3. The predicted octanol–water partition coefficient (Wildman–Crippen LogP) is 4.84. The Bertz CT molecular complexity index is 701. The molecule has 0 amide bonds. The third-order valence-electron chi connectivity index (χ3n) is 4.10. The molecule has 0 radical (unpaired) electrons. The van der Waals surface area contributed by atoms with Crippen molar-refractivity contribution in [2.75, 3.05) is 43.1 Å². The number of nitrogens with one attached hydrogen (secondary N) is 1. The van der Waals surface area contributed by atoms with E-state index in [1.165, 1.54) is 5.69 Å². The van der Waals surface area contributed by atoms with Crippen LogP contribution in [0.25, 0.3) is 0 Å². The largest absolute Gasteiger partial charge is 0.492 e. The minimum Gasteiger partial charge on any atom is -0.492 e. The summed E-state index contributed by atoms with van der Waals surface area (Å²) in [6.07, 6.45) is 0. The Morgan fingerprint density at radius 3 is 2.52 bits per heavy atom. The minimum absolute atomic E-state index is 0.536. The van der Waals surface area contributed by atoms with Crippen molar-refractivity contribution in [2.24, 2.45) is 0 Å². The quantitative estimate of drug-likeness (QED) is 0.776. The lowest BCUT2D eigenvalue weighted by Gasteiger charge is -2.29. The van der Waals surface area contributed by atoms with E-state index in [1.54, 1.807) is 6.07 Å². The second-order valence-electron chi connectivity index (χ2n) is 5.81. The lowest BCUT2D eigenvalue weighted by atomic mass is 10.2. The molecule has 1 aliphatic heterocycles. The second kappa shape index (κ2) is 8.65. The first-order valence-electron chi connectivity index (χ1n) is 8.44. The van der Waals surface area contributed by atoms with Crippen LogP contribution in [0.2, 0.25) is 10.0 Å². The first-order chi connectivity index (χ1) is 12.2. The highest BCUT2D eigenvalue weighted by Gasteiger charge is 2.12. The monoisotopic (exact) mass is 380 g/mol. The maximum absolute atomic E-state index is 6.25. The van der Waals surface area contributed by atoms with Gasteiger partial charge < -0.3 is 19.7 Å². The van der Waals surface area contributed by atoms with Crippen LogP contribution in [-0.2, 0) is 11.3 Å². The van der Waals surface area contributed by atoms with Crippen LogP contribution >= 0.6 is 23.2 Å². The molecular weight excluding hydrogens is 359 g/mol. The molecule has 0 saturated carbocycles. The van der Waals surface area contributed by atoms with Gasteiger partial charge in [-0.15, -0.1) is 0 Å². The molecule has 0 atom stereocenters. The molecule has 1 fully saturated rings. The summed E-state index contributed by atoms with van der Waals surface area (Å²) in [5, 5.41) is 4.54. The number of hydrogen-bond donors (Lipinski definition) is 1. The van der Waals surface area contributed by atoms with Crippen LogP contribution in [0, 0.1) is 0 Å². The van der Waals surface area contributed by atoms with E-state index in [2.05, 4.69) is 34.5 Å². The van der Waals surface area contributed by atoms with Crippen LogP contribution in [0.5, 0.6) is 5.75 Å². The van der Waals surface area contributed by atoms with Crippen molar-refractivity contribution < 1.29 is 9.47 Å². The third kappa shape index (κ3) is 4.72. The summed E-state index contributed by atoms with van der Waals surface area (Å²) in [7, 11) is 0. The molecule has 1 N–H and O–H groups in total. The first kappa shape index (κ1) is 18.2. The molecule has 0 aromatic heterocycles. The van der Waals surface area contributed by atoms with Crippen LogP contribution in [0.3, 0.4) is 0 Å². The van der Waals surface area contributed by atoms with E-state index in [4.69, 9.17) is 32.7 Å². The van der Waals surface area contributed by atoms with Crippen LogP contribution in [0.4, 0.5) is 11.4 Å². The summed E-state index contributed by atoms with van der Waals surface area (Å²) >= 11 is 12.4. The highest BCUT2D eigenvalue weighted by molar-refractivity contribution is 6.35. The predicted molar refractivity (Wildman–Crippen MR) is 104 cm³/mol. The molecule has 1 heterocycles. The zero-order chi connectivity index (χ0) is 17.6.